The van der Waals surface area contributed by atoms with Crippen LogP contribution in [0.5, 0.6) is 0 Å². The molecule has 2 aromatic heterocycles. The Bertz CT molecular complexity index is 974. The van der Waals surface area contributed by atoms with Gasteiger partial charge in [0.25, 0.3) is 0 Å². The van der Waals surface area contributed by atoms with E-state index in [1.54, 1.807) is 4.68 Å². The van der Waals surface area contributed by atoms with Gasteiger partial charge in [0.1, 0.15) is 9.84 Å². The molecule has 3 heterocycles. The lowest BCUT2D eigenvalue weighted by atomic mass is 10.2. The van der Waals surface area contributed by atoms with Gasteiger partial charge in [-0.15, -0.1) is 0 Å². The van der Waals surface area contributed by atoms with Crippen LogP contribution < -0.4 is 0 Å². The molecule has 4 rings (SSSR count). The van der Waals surface area contributed by atoms with Crippen LogP contribution in [-0.2, 0) is 22.9 Å². The monoisotopic (exact) mass is 373 g/mol. The minimum atomic E-state index is -2.97. The maximum Gasteiger partial charge on any atom is 0.149 e. The van der Waals surface area contributed by atoms with Crippen LogP contribution in [0.1, 0.15) is 18.0 Å². The van der Waals surface area contributed by atoms with E-state index in [4.69, 9.17) is 5.10 Å². The van der Waals surface area contributed by atoms with E-state index in [0.717, 1.165) is 37.1 Å². The molecule has 8 heteroatoms. The first-order valence-corrected chi connectivity index (χ1v) is 10.9. The van der Waals surface area contributed by atoms with Gasteiger partial charge < -0.3 is 0 Å². The van der Waals surface area contributed by atoms with E-state index in [-0.39, 0.29) is 5.75 Å². The van der Waals surface area contributed by atoms with Crippen molar-refractivity contribution >= 4 is 20.7 Å². The second kappa shape index (κ2) is 6.85. The molecular weight excluding hydrogens is 350 g/mol. The molecule has 0 radical (unpaired) electrons. The Morgan fingerprint density at radius 1 is 1.23 bits per heavy atom. The van der Waals surface area contributed by atoms with Crippen LogP contribution in [-0.4, -0.2) is 58.0 Å². The van der Waals surface area contributed by atoms with Crippen LogP contribution in [0.3, 0.4) is 0 Å². The first-order valence-electron chi connectivity index (χ1n) is 8.81. The van der Waals surface area contributed by atoms with Crippen molar-refractivity contribution in [2.24, 2.45) is 0 Å². The fraction of sp³-hybridized carbons (Fsp3) is 0.444. The summed E-state index contributed by atoms with van der Waals surface area (Å²) in [6.07, 6.45) is 8.24. The van der Waals surface area contributed by atoms with Gasteiger partial charge in [-0.05, 0) is 12.5 Å². The Labute approximate surface area is 153 Å². The second-order valence-corrected chi connectivity index (χ2v) is 9.35. The lowest BCUT2D eigenvalue weighted by Crippen LogP contribution is -2.21. The summed E-state index contributed by atoms with van der Waals surface area (Å²) in [4.78, 5) is 2.40. The van der Waals surface area contributed by atoms with Crippen LogP contribution in [0.15, 0.2) is 42.9 Å². The number of sulfone groups is 1. The van der Waals surface area contributed by atoms with Crippen LogP contribution >= 0.6 is 0 Å². The zero-order valence-electron chi connectivity index (χ0n) is 14.8. The standard InChI is InChI=1S/C18H23N5O2S/c1-26(24,25)9-8-22-12-15(10-19-22)11-21-7-6-17(14-21)23-13-16-4-2-3-5-18(16)20-23/h2-5,10,12-13,17H,6-9,11,14H2,1H3. The van der Waals surface area contributed by atoms with Crippen LogP contribution in [0.2, 0.25) is 0 Å². The first kappa shape index (κ1) is 17.2. The maximum absolute atomic E-state index is 11.3. The average Bonchev–Trinajstić information content (AvgIpc) is 3.31. The highest BCUT2D eigenvalue weighted by Gasteiger charge is 2.25. The van der Waals surface area contributed by atoms with Gasteiger partial charge in [-0.2, -0.15) is 10.2 Å². The average molecular weight is 373 g/mol. The summed E-state index contributed by atoms with van der Waals surface area (Å²) < 4.78 is 26.3. The first-order chi connectivity index (χ1) is 12.5. The summed E-state index contributed by atoms with van der Waals surface area (Å²) in [5, 5.41) is 10.2. The van der Waals surface area contributed by atoms with Crippen molar-refractivity contribution in [2.75, 3.05) is 25.1 Å². The lowest BCUT2D eigenvalue weighted by Gasteiger charge is -2.15. The highest BCUT2D eigenvalue weighted by Crippen LogP contribution is 2.24. The fourth-order valence-corrected chi connectivity index (χ4v) is 3.99. The van der Waals surface area contributed by atoms with Crippen molar-refractivity contribution in [3.05, 3.63) is 48.4 Å². The molecule has 0 bridgehead atoms. The normalized spacial score (nSPS) is 18.7. The molecule has 7 nitrogen and oxygen atoms in total. The summed E-state index contributed by atoms with van der Waals surface area (Å²) in [5.74, 6) is 0.118. The summed E-state index contributed by atoms with van der Waals surface area (Å²) >= 11 is 0. The summed E-state index contributed by atoms with van der Waals surface area (Å²) in [7, 11) is -2.97. The largest absolute Gasteiger partial charge is 0.297 e. The number of nitrogens with zero attached hydrogens (tertiary/aromatic N) is 5. The third-order valence-electron chi connectivity index (χ3n) is 4.84. The number of benzene rings is 1. The van der Waals surface area contributed by atoms with E-state index < -0.39 is 9.84 Å². The molecule has 0 saturated carbocycles. The summed E-state index contributed by atoms with van der Waals surface area (Å²) in [6.45, 7) is 3.22. The minimum Gasteiger partial charge on any atom is -0.297 e. The molecule has 3 aromatic rings. The predicted molar refractivity (Wildman–Crippen MR) is 101 cm³/mol. The van der Waals surface area contributed by atoms with Gasteiger partial charge in [0.05, 0.1) is 30.1 Å². The molecule has 0 aliphatic carbocycles. The predicted octanol–water partition coefficient (Wildman–Crippen LogP) is 1.72. The molecule has 1 atom stereocenters. The van der Waals surface area contributed by atoms with Crippen LogP contribution in [0.4, 0.5) is 0 Å². The molecule has 1 aromatic carbocycles. The lowest BCUT2D eigenvalue weighted by molar-refractivity contribution is 0.312. The highest BCUT2D eigenvalue weighted by atomic mass is 32.2. The van der Waals surface area contributed by atoms with Gasteiger partial charge in [-0.25, -0.2) is 8.42 Å². The molecular formula is C18H23N5O2S. The van der Waals surface area contributed by atoms with E-state index in [1.165, 1.54) is 11.6 Å². The van der Waals surface area contributed by atoms with E-state index >= 15 is 0 Å². The zero-order valence-corrected chi connectivity index (χ0v) is 15.6. The Morgan fingerprint density at radius 3 is 2.88 bits per heavy atom. The number of hydrogen-bond acceptors (Lipinski definition) is 5. The molecule has 138 valence electrons. The SMILES string of the molecule is CS(=O)(=O)CCn1cc(CN2CCC(n3cc4ccccc4n3)C2)cn1. The molecule has 0 spiro atoms. The Hall–Kier alpha value is -2.19. The topological polar surface area (TPSA) is 73.0 Å². The smallest absolute Gasteiger partial charge is 0.149 e. The maximum atomic E-state index is 11.3. The molecule has 1 aliphatic heterocycles. The van der Waals surface area contributed by atoms with Crippen molar-refractivity contribution in [1.29, 1.82) is 0 Å². The van der Waals surface area contributed by atoms with Gasteiger partial charge in [0, 0.05) is 49.2 Å². The van der Waals surface area contributed by atoms with Crippen molar-refractivity contribution in [3.63, 3.8) is 0 Å². The Balaban J connectivity index is 1.36. The van der Waals surface area contributed by atoms with E-state index in [9.17, 15) is 8.42 Å². The van der Waals surface area contributed by atoms with Crippen LogP contribution in [0, 0.1) is 0 Å². The van der Waals surface area contributed by atoms with Gasteiger partial charge >= 0.3 is 0 Å². The third kappa shape index (κ3) is 3.96. The fourth-order valence-electron chi connectivity index (χ4n) is 3.47. The molecule has 0 N–H and O–H groups in total. The van der Waals surface area contributed by atoms with Crippen molar-refractivity contribution < 1.29 is 8.42 Å². The molecule has 0 amide bonds. The molecule has 1 aliphatic rings. The Kier molecular flexibility index (Phi) is 4.54. The minimum absolute atomic E-state index is 0.118. The number of hydrogen-bond donors (Lipinski definition) is 0. The number of aromatic nitrogens is 4. The number of aryl methyl sites for hydroxylation is 1. The van der Waals surface area contributed by atoms with E-state index in [0.29, 0.717) is 12.6 Å². The van der Waals surface area contributed by atoms with Gasteiger partial charge in [0.2, 0.25) is 0 Å². The second-order valence-electron chi connectivity index (χ2n) is 7.09. The van der Waals surface area contributed by atoms with Crippen molar-refractivity contribution in [2.45, 2.75) is 25.6 Å². The molecule has 26 heavy (non-hydrogen) atoms. The molecule has 1 unspecified atom stereocenters. The van der Waals surface area contributed by atoms with Crippen LogP contribution in [0.25, 0.3) is 10.9 Å². The Morgan fingerprint density at radius 2 is 2.08 bits per heavy atom. The highest BCUT2D eigenvalue weighted by molar-refractivity contribution is 7.90. The van der Waals surface area contributed by atoms with Gasteiger partial charge in [0.15, 0.2) is 0 Å². The van der Waals surface area contributed by atoms with Crippen molar-refractivity contribution in [1.82, 2.24) is 24.5 Å². The van der Waals surface area contributed by atoms with Crippen molar-refractivity contribution in [3.8, 4) is 0 Å². The number of rotatable bonds is 6. The number of likely N-dealkylation sites (tertiary alicyclic amines) is 1. The summed E-state index contributed by atoms with van der Waals surface area (Å²) in [5.41, 5.74) is 2.16. The number of fused-ring (bicyclic) bond motifs is 1. The third-order valence-corrected chi connectivity index (χ3v) is 5.76. The van der Waals surface area contributed by atoms with E-state index in [2.05, 4.69) is 26.9 Å². The molecule has 1 saturated heterocycles. The molecule has 1 fully saturated rings. The zero-order chi connectivity index (χ0) is 18.1. The van der Waals surface area contributed by atoms with E-state index in [1.807, 2.05) is 30.6 Å². The van der Waals surface area contributed by atoms with Gasteiger partial charge in [-0.3, -0.25) is 14.3 Å². The van der Waals surface area contributed by atoms with Gasteiger partial charge in [-0.1, -0.05) is 18.2 Å². The summed E-state index contributed by atoms with van der Waals surface area (Å²) in [6, 6.07) is 8.58. The quantitative estimate of drug-likeness (QED) is 0.658.